The first-order chi connectivity index (χ1) is 9.72. The van der Waals surface area contributed by atoms with Crippen LogP contribution in [0, 0.1) is 34.0 Å². The van der Waals surface area contributed by atoms with Gasteiger partial charge < -0.3 is 0 Å². The van der Waals surface area contributed by atoms with E-state index in [-0.39, 0.29) is 0 Å². The van der Waals surface area contributed by atoms with E-state index in [0.29, 0.717) is 19.3 Å². The van der Waals surface area contributed by atoms with Crippen molar-refractivity contribution in [2.75, 3.05) is 0 Å². The van der Waals surface area contributed by atoms with Gasteiger partial charge in [0.25, 0.3) is 0 Å². The minimum absolute atomic E-state index is 0.382. The number of rotatable bonds is 7. The Hall–Kier alpha value is -2.31. The van der Waals surface area contributed by atoms with Crippen molar-refractivity contribution in [3.8, 4) is 18.2 Å². The molecule has 0 fully saturated rings. The fourth-order valence-electron chi connectivity index (χ4n) is 2.37. The summed E-state index contributed by atoms with van der Waals surface area (Å²) in [6, 6.07) is 14.4. The lowest BCUT2D eigenvalue weighted by molar-refractivity contribution is 0.451. The van der Waals surface area contributed by atoms with E-state index in [1.54, 1.807) is 0 Å². The molecular formula is C17H19N3. The van der Waals surface area contributed by atoms with Crippen molar-refractivity contribution in [1.29, 1.82) is 15.8 Å². The van der Waals surface area contributed by atoms with E-state index in [2.05, 4.69) is 25.1 Å². The van der Waals surface area contributed by atoms with Crippen LogP contribution in [-0.4, -0.2) is 0 Å². The topological polar surface area (TPSA) is 71.4 Å². The molecule has 1 aromatic carbocycles. The van der Waals surface area contributed by atoms with Crippen LogP contribution in [0.3, 0.4) is 0 Å². The molecule has 1 unspecified atom stereocenters. The zero-order valence-corrected chi connectivity index (χ0v) is 11.9. The largest absolute Gasteiger partial charge is 0.198 e. The number of hydrogen-bond donors (Lipinski definition) is 0. The zero-order chi connectivity index (χ0) is 14.8. The fourth-order valence-corrected chi connectivity index (χ4v) is 2.37. The van der Waals surface area contributed by atoms with Gasteiger partial charge in [-0.1, -0.05) is 44.0 Å². The van der Waals surface area contributed by atoms with Gasteiger partial charge in [-0.2, -0.15) is 15.8 Å². The maximum atomic E-state index is 9.64. The van der Waals surface area contributed by atoms with Gasteiger partial charge in [0, 0.05) is 6.42 Å². The molecule has 0 aliphatic rings. The quantitative estimate of drug-likeness (QED) is 0.747. The molecule has 1 atom stereocenters. The highest BCUT2D eigenvalue weighted by atomic mass is 14.4. The van der Waals surface area contributed by atoms with E-state index in [0.717, 1.165) is 30.4 Å². The normalized spacial score (nSPS) is 12.7. The average molecular weight is 265 g/mol. The van der Waals surface area contributed by atoms with Crippen molar-refractivity contribution in [2.24, 2.45) is 0 Å². The summed E-state index contributed by atoms with van der Waals surface area (Å²) in [6.45, 7) is 2.10. The summed E-state index contributed by atoms with van der Waals surface area (Å²) >= 11 is 0. The molecule has 20 heavy (non-hydrogen) atoms. The molecule has 102 valence electrons. The number of hydrogen-bond acceptors (Lipinski definition) is 3. The van der Waals surface area contributed by atoms with Gasteiger partial charge in [-0.05, 0) is 24.0 Å². The molecule has 0 aliphatic heterocycles. The van der Waals surface area contributed by atoms with Crippen LogP contribution in [0.4, 0.5) is 0 Å². The molecule has 0 heterocycles. The first kappa shape index (κ1) is 15.7. The highest BCUT2D eigenvalue weighted by Crippen LogP contribution is 2.34. The van der Waals surface area contributed by atoms with E-state index in [9.17, 15) is 5.26 Å². The Balaban J connectivity index is 3.06. The van der Waals surface area contributed by atoms with Gasteiger partial charge in [0.1, 0.15) is 0 Å². The van der Waals surface area contributed by atoms with Crippen molar-refractivity contribution in [2.45, 2.75) is 50.9 Å². The van der Waals surface area contributed by atoms with Gasteiger partial charge in [-0.15, -0.1) is 0 Å². The lowest BCUT2D eigenvalue weighted by Gasteiger charge is -2.26. The van der Waals surface area contributed by atoms with Crippen LogP contribution in [0.1, 0.15) is 50.2 Å². The third-order valence-corrected chi connectivity index (χ3v) is 3.62. The molecule has 0 spiro atoms. The van der Waals surface area contributed by atoms with Crippen molar-refractivity contribution in [1.82, 2.24) is 0 Å². The second-order valence-corrected chi connectivity index (χ2v) is 4.99. The Morgan fingerprint density at radius 2 is 1.70 bits per heavy atom. The summed E-state index contributed by atoms with van der Waals surface area (Å²) in [5.74, 6) is 0. The third-order valence-electron chi connectivity index (χ3n) is 3.62. The van der Waals surface area contributed by atoms with Crippen molar-refractivity contribution in [3.63, 3.8) is 0 Å². The van der Waals surface area contributed by atoms with Crippen molar-refractivity contribution in [3.05, 3.63) is 35.4 Å². The van der Waals surface area contributed by atoms with Gasteiger partial charge in [0.2, 0.25) is 0 Å². The molecule has 1 rings (SSSR count). The molecule has 0 saturated heterocycles. The number of nitriles is 3. The molecule has 0 aliphatic carbocycles. The Morgan fingerprint density at radius 3 is 2.20 bits per heavy atom. The average Bonchev–Trinajstić information content (AvgIpc) is 2.49. The summed E-state index contributed by atoms with van der Waals surface area (Å²) < 4.78 is 0. The summed E-state index contributed by atoms with van der Waals surface area (Å²) in [7, 11) is 0. The molecule has 0 saturated carbocycles. The van der Waals surface area contributed by atoms with Gasteiger partial charge in [0.05, 0.1) is 30.0 Å². The first-order valence-corrected chi connectivity index (χ1v) is 6.97. The van der Waals surface area contributed by atoms with E-state index >= 15 is 0 Å². The Morgan fingerprint density at radius 1 is 1.00 bits per heavy atom. The van der Waals surface area contributed by atoms with Crippen LogP contribution < -0.4 is 0 Å². The highest BCUT2D eigenvalue weighted by molar-refractivity contribution is 5.35. The summed E-state index contributed by atoms with van der Waals surface area (Å²) in [5.41, 5.74) is 1.35. The lowest BCUT2D eigenvalue weighted by Crippen LogP contribution is -2.24. The Kier molecular flexibility index (Phi) is 6.28. The molecule has 0 N–H and O–H groups in total. The van der Waals surface area contributed by atoms with E-state index < -0.39 is 5.41 Å². The second kappa shape index (κ2) is 7.98. The van der Waals surface area contributed by atoms with Crippen LogP contribution in [0.15, 0.2) is 24.3 Å². The molecule has 1 aromatic rings. The van der Waals surface area contributed by atoms with Gasteiger partial charge in [-0.3, -0.25) is 0 Å². The predicted molar refractivity (Wildman–Crippen MR) is 77.4 cm³/mol. The van der Waals surface area contributed by atoms with E-state index in [4.69, 9.17) is 10.5 Å². The van der Waals surface area contributed by atoms with Crippen molar-refractivity contribution < 1.29 is 0 Å². The Labute approximate surface area is 121 Å². The minimum Gasteiger partial charge on any atom is -0.198 e. The predicted octanol–water partition coefficient (Wildman–Crippen LogP) is 4.01. The number of benzene rings is 1. The summed E-state index contributed by atoms with van der Waals surface area (Å²) in [5, 5.41) is 27.1. The number of nitrogens with zero attached hydrogens (tertiary/aromatic N) is 3. The standard InChI is InChI=1S/C17H19N3/c1-2-3-10-17(14-20,11-4-12-18)16-7-5-15(6-8-16)9-13-19/h5-8H,2-4,9-11H2,1H3. The fraction of sp³-hybridized carbons (Fsp3) is 0.471. The molecule has 0 amide bonds. The molecule has 3 heteroatoms. The lowest BCUT2D eigenvalue weighted by atomic mass is 9.74. The van der Waals surface area contributed by atoms with Gasteiger partial charge in [0.15, 0.2) is 0 Å². The highest BCUT2D eigenvalue weighted by Gasteiger charge is 2.31. The zero-order valence-electron chi connectivity index (χ0n) is 11.9. The monoisotopic (exact) mass is 265 g/mol. The maximum absolute atomic E-state index is 9.64. The first-order valence-electron chi connectivity index (χ1n) is 6.97. The van der Waals surface area contributed by atoms with Gasteiger partial charge >= 0.3 is 0 Å². The third kappa shape index (κ3) is 3.84. The second-order valence-electron chi connectivity index (χ2n) is 4.99. The maximum Gasteiger partial charge on any atom is 0.0832 e. The molecule has 0 bridgehead atoms. The summed E-state index contributed by atoms with van der Waals surface area (Å²) in [4.78, 5) is 0. The van der Waals surface area contributed by atoms with Crippen LogP contribution in [0.5, 0.6) is 0 Å². The van der Waals surface area contributed by atoms with E-state index in [1.807, 2.05) is 24.3 Å². The van der Waals surface area contributed by atoms with Crippen LogP contribution in [-0.2, 0) is 11.8 Å². The van der Waals surface area contributed by atoms with Gasteiger partial charge in [-0.25, -0.2) is 0 Å². The summed E-state index contributed by atoms with van der Waals surface area (Å²) in [6.07, 6.45) is 4.11. The van der Waals surface area contributed by atoms with Crippen LogP contribution in [0.2, 0.25) is 0 Å². The van der Waals surface area contributed by atoms with Crippen molar-refractivity contribution >= 4 is 0 Å². The number of unbranched alkanes of at least 4 members (excludes halogenated alkanes) is 1. The molecule has 0 aromatic heterocycles. The molecule has 0 radical (unpaired) electrons. The smallest absolute Gasteiger partial charge is 0.0832 e. The minimum atomic E-state index is -0.573. The Bertz CT molecular complexity index is 540. The van der Waals surface area contributed by atoms with Crippen LogP contribution in [0.25, 0.3) is 0 Å². The molecule has 3 nitrogen and oxygen atoms in total. The molecular weight excluding hydrogens is 246 g/mol. The van der Waals surface area contributed by atoms with Crippen LogP contribution >= 0.6 is 0 Å². The van der Waals surface area contributed by atoms with E-state index in [1.165, 1.54) is 0 Å². The SMILES string of the molecule is CCCCC(C#N)(CCC#N)c1ccc(CC#N)cc1.